The number of rotatable bonds is 16. The lowest BCUT2D eigenvalue weighted by Gasteiger charge is -2.27. The molecule has 0 spiro atoms. The Balaban J connectivity index is 1.62. The predicted molar refractivity (Wildman–Crippen MR) is 197 cm³/mol. The fourth-order valence-electron chi connectivity index (χ4n) is 6.99. The first-order chi connectivity index (χ1) is 23.3. The third-order valence-corrected chi connectivity index (χ3v) is 11.1. The molecular formula is C37H50N3O8S2+. The van der Waals surface area contributed by atoms with E-state index in [4.69, 9.17) is 5.11 Å². The molecule has 13 heteroatoms. The van der Waals surface area contributed by atoms with E-state index in [2.05, 4.69) is 41.2 Å². The number of carboxylic acids is 1. The number of benzene rings is 2. The third kappa shape index (κ3) is 8.99. The number of hydrogen-bond donors (Lipinski definition) is 3. The second kappa shape index (κ2) is 15.3. The minimum atomic E-state index is -4.35. The monoisotopic (exact) mass is 728 g/mol. The van der Waals surface area contributed by atoms with Gasteiger partial charge in [0.2, 0.25) is 5.69 Å². The predicted octanol–water partition coefficient (Wildman–Crippen LogP) is 6.09. The van der Waals surface area contributed by atoms with E-state index in [0.29, 0.717) is 26.1 Å². The van der Waals surface area contributed by atoms with Gasteiger partial charge in [-0.1, -0.05) is 51.1 Å². The van der Waals surface area contributed by atoms with E-state index in [9.17, 15) is 30.7 Å². The summed E-state index contributed by atoms with van der Waals surface area (Å²) in [6, 6.07) is 11.0. The lowest BCUT2D eigenvalue weighted by molar-refractivity contribution is -0.437. The van der Waals surface area contributed by atoms with Gasteiger partial charge in [-0.15, -0.1) is 0 Å². The number of anilines is 1. The standard InChI is InChI=1S/C37H49N3O8S2/c1-7-20-39-32-19-17-28(50(46,47)48)25-30(32)37(4,5)33(39)13-9-8-10-14-34-36(2,3)29-24-27(26-38(6)21-11-15-35(41)42)16-18-31(29)40(34)22-12-23-49(43,44)45/h8-10,13-14,16-19,24-25H,7,11-12,15,20-23,26H2,1-6H3,(H2-,41,42,43,44,45,46,47,48)/p+1. The quantitative estimate of drug-likeness (QED) is 0.105. The van der Waals surface area contributed by atoms with E-state index >= 15 is 0 Å². The normalized spacial score (nSPS) is 17.9. The number of carbonyl (C=O) groups is 1. The van der Waals surface area contributed by atoms with Crippen LogP contribution in [0.5, 0.6) is 0 Å². The second-order valence-electron chi connectivity index (χ2n) is 14.1. The van der Waals surface area contributed by atoms with Crippen molar-refractivity contribution in [3.8, 4) is 0 Å². The van der Waals surface area contributed by atoms with Crippen molar-refractivity contribution in [3.63, 3.8) is 0 Å². The molecule has 2 aromatic rings. The average Bonchev–Trinajstić information content (AvgIpc) is 3.34. The minimum absolute atomic E-state index is 0.122. The van der Waals surface area contributed by atoms with Crippen LogP contribution in [0.3, 0.4) is 0 Å². The molecule has 3 N–H and O–H groups in total. The van der Waals surface area contributed by atoms with Gasteiger partial charge in [0.05, 0.1) is 16.1 Å². The van der Waals surface area contributed by atoms with Gasteiger partial charge >= 0.3 is 5.97 Å². The molecule has 2 heterocycles. The lowest BCUT2D eigenvalue weighted by Crippen LogP contribution is -2.28. The van der Waals surface area contributed by atoms with Crippen molar-refractivity contribution < 1.29 is 40.4 Å². The summed E-state index contributed by atoms with van der Waals surface area (Å²) in [4.78, 5) is 15.0. The highest BCUT2D eigenvalue weighted by atomic mass is 32.2. The highest BCUT2D eigenvalue weighted by Gasteiger charge is 2.45. The Morgan fingerprint density at radius 1 is 0.940 bits per heavy atom. The molecule has 0 atom stereocenters. The Hall–Kier alpha value is -3.62. The molecular weight excluding hydrogens is 679 g/mol. The van der Waals surface area contributed by atoms with Crippen molar-refractivity contribution >= 4 is 43.3 Å². The summed E-state index contributed by atoms with van der Waals surface area (Å²) in [5.74, 6) is -1.15. The van der Waals surface area contributed by atoms with Gasteiger partial charge in [0.1, 0.15) is 6.54 Å². The molecule has 0 saturated carbocycles. The molecule has 11 nitrogen and oxygen atoms in total. The van der Waals surface area contributed by atoms with Gasteiger partial charge in [-0.2, -0.15) is 21.4 Å². The first-order valence-electron chi connectivity index (χ1n) is 16.9. The summed E-state index contributed by atoms with van der Waals surface area (Å²) in [5.41, 5.74) is 5.92. The van der Waals surface area contributed by atoms with Crippen LogP contribution in [-0.2, 0) is 42.4 Å². The van der Waals surface area contributed by atoms with E-state index in [-0.39, 0.29) is 23.5 Å². The van der Waals surface area contributed by atoms with Crippen molar-refractivity contribution in [2.45, 2.75) is 82.6 Å². The first-order valence-corrected chi connectivity index (χ1v) is 19.9. The molecule has 0 saturated heterocycles. The van der Waals surface area contributed by atoms with Crippen molar-refractivity contribution in [2.75, 3.05) is 37.3 Å². The maximum atomic E-state index is 11.9. The van der Waals surface area contributed by atoms with E-state index in [1.807, 2.05) is 63.4 Å². The van der Waals surface area contributed by atoms with Crippen LogP contribution in [0, 0.1) is 0 Å². The number of fused-ring (bicyclic) bond motifs is 2. The Labute approximate surface area is 296 Å². The summed E-state index contributed by atoms with van der Waals surface area (Å²) in [6.07, 6.45) is 11.7. The highest BCUT2D eigenvalue weighted by Crippen LogP contribution is 2.48. The van der Waals surface area contributed by atoms with E-state index in [1.54, 1.807) is 12.1 Å². The number of allylic oxidation sites excluding steroid dienone is 6. The second-order valence-corrected chi connectivity index (χ2v) is 17.1. The summed E-state index contributed by atoms with van der Waals surface area (Å²) in [5, 5.41) is 8.98. The molecule has 0 amide bonds. The molecule has 50 heavy (non-hydrogen) atoms. The van der Waals surface area contributed by atoms with Gasteiger partial charge in [0.15, 0.2) is 5.71 Å². The molecule has 0 fully saturated rings. The van der Waals surface area contributed by atoms with Crippen LogP contribution in [0.25, 0.3) is 0 Å². The van der Waals surface area contributed by atoms with Gasteiger partial charge < -0.3 is 14.9 Å². The molecule has 0 unspecified atom stereocenters. The summed E-state index contributed by atoms with van der Waals surface area (Å²) in [6.45, 7) is 12.8. The van der Waals surface area contributed by atoms with Crippen LogP contribution in [0.4, 0.5) is 11.4 Å². The molecule has 0 radical (unpaired) electrons. The smallest absolute Gasteiger partial charge is 0.303 e. The molecule has 2 aromatic carbocycles. The van der Waals surface area contributed by atoms with Crippen LogP contribution in [0.1, 0.15) is 77.0 Å². The molecule has 0 bridgehead atoms. The van der Waals surface area contributed by atoms with Crippen LogP contribution >= 0.6 is 0 Å². The summed E-state index contributed by atoms with van der Waals surface area (Å²) in [7, 11) is -6.49. The van der Waals surface area contributed by atoms with Crippen LogP contribution in [-0.4, -0.2) is 84.6 Å². The van der Waals surface area contributed by atoms with Crippen molar-refractivity contribution in [3.05, 3.63) is 89.2 Å². The van der Waals surface area contributed by atoms with E-state index in [1.165, 1.54) is 6.07 Å². The SMILES string of the molecule is CCC[N+]1=C(C=CC=CC=C2N(CCCS(=O)(=O)O)c3ccc(CN(C)CCCC(=O)O)cc3C2(C)C)C(C)(C)c2cc(S(=O)(=O)O)ccc21. The van der Waals surface area contributed by atoms with Crippen molar-refractivity contribution in [1.82, 2.24) is 4.90 Å². The molecule has 0 aliphatic carbocycles. The van der Waals surface area contributed by atoms with Crippen LogP contribution < -0.4 is 4.90 Å². The fourth-order valence-corrected chi connectivity index (χ4v) is 8.00. The molecule has 272 valence electrons. The zero-order valence-electron chi connectivity index (χ0n) is 29.8. The topological polar surface area (TPSA) is 156 Å². The first kappa shape index (κ1) is 39.2. The van der Waals surface area contributed by atoms with Gasteiger partial charge in [-0.3, -0.25) is 13.9 Å². The fraction of sp³-hybridized carbons (Fsp3) is 0.459. The molecule has 4 rings (SSSR count). The minimum Gasteiger partial charge on any atom is -0.481 e. The molecule has 2 aliphatic heterocycles. The van der Waals surface area contributed by atoms with Gasteiger partial charge in [-0.05, 0) is 75.7 Å². The van der Waals surface area contributed by atoms with Crippen LogP contribution in [0.15, 0.2) is 77.4 Å². The Bertz CT molecular complexity index is 1960. The maximum Gasteiger partial charge on any atom is 0.303 e. The van der Waals surface area contributed by atoms with Crippen molar-refractivity contribution in [2.24, 2.45) is 0 Å². The Morgan fingerprint density at radius 3 is 2.30 bits per heavy atom. The number of carboxylic acid groups (broad SMARTS) is 1. The summed E-state index contributed by atoms with van der Waals surface area (Å²) < 4.78 is 68.1. The van der Waals surface area contributed by atoms with Gasteiger partial charge in [0.25, 0.3) is 20.2 Å². The zero-order valence-corrected chi connectivity index (χ0v) is 31.4. The average molecular weight is 729 g/mol. The van der Waals surface area contributed by atoms with Gasteiger partial charge in [-0.25, -0.2) is 0 Å². The molecule has 2 aliphatic rings. The van der Waals surface area contributed by atoms with Crippen LogP contribution in [0.2, 0.25) is 0 Å². The largest absolute Gasteiger partial charge is 0.481 e. The lowest BCUT2D eigenvalue weighted by atomic mass is 9.81. The number of aliphatic carboxylic acids is 1. The zero-order chi connectivity index (χ0) is 37.1. The Kier molecular flexibility index (Phi) is 12.0. The maximum absolute atomic E-state index is 11.9. The van der Waals surface area contributed by atoms with Gasteiger partial charge in [0, 0.05) is 60.4 Å². The third-order valence-electron chi connectivity index (χ3n) is 9.46. The summed E-state index contributed by atoms with van der Waals surface area (Å²) >= 11 is 0. The van der Waals surface area contributed by atoms with E-state index < -0.39 is 37.0 Å². The van der Waals surface area contributed by atoms with E-state index in [0.717, 1.165) is 52.4 Å². The number of hydrogen-bond acceptors (Lipinski definition) is 7. The number of nitrogens with zero attached hydrogens (tertiary/aromatic N) is 3. The molecule has 0 aromatic heterocycles. The highest BCUT2D eigenvalue weighted by molar-refractivity contribution is 7.86. The Morgan fingerprint density at radius 2 is 1.66 bits per heavy atom. The van der Waals surface area contributed by atoms with Crippen molar-refractivity contribution in [1.29, 1.82) is 0 Å².